The quantitative estimate of drug-likeness (QED) is 0.361. The molecule has 0 radical (unpaired) electrons. The molecule has 8 heteroatoms. The molecule has 0 aliphatic carbocycles. The highest BCUT2D eigenvalue weighted by atomic mass is 35.5. The topological polar surface area (TPSA) is 77.0 Å². The molecule has 0 saturated carbocycles. The Kier molecular flexibility index (Phi) is 7.94. The van der Waals surface area contributed by atoms with Crippen LogP contribution in [0.15, 0.2) is 52.5 Å². The average molecular weight is 411 g/mol. The summed E-state index contributed by atoms with van der Waals surface area (Å²) in [6.45, 7) is 2.76. The van der Waals surface area contributed by atoms with Crippen molar-refractivity contribution in [3.05, 3.63) is 53.1 Å². The van der Waals surface area contributed by atoms with Gasteiger partial charge < -0.3 is 9.47 Å². The minimum atomic E-state index is -3.75. The smallest absolute Gasteiger partial charge is 0.276 e. The molecule has 0 aliphatic heterocycles. The van der Waals surface area contributed by atoms with E-state index < -0.39 is 10.0 Å². The molecule has 0 bridgehead atoms. The van der Waals surface area contributed by atoms with Gasteiger partial charge in [0.25, 0.3) is 10.0 Å². The standard InChI is InChI=1S/C19H23ClN2O4S/c1-3-4-5-12-26-18-11-6-15(13-19(18)25-2)14-21-22-27(23,24)17-9-7-16(20)8-10-17/h6-11,13-14,22H,3-5,12H2,1-2H3/b21-14+. The number of hydrogen-bond donors (Lipinski definition) is 1. The fourth-order valence-electron chi connectivity index (χ4n) is 2.25. The Hall–Kier alpha value is -2.25. The molecule has 0 aliphatic rings. The van der Waals surface area contributed by atoms with E-state index >= 15 is 0 Å². The number of nitrogens with zero attached hydrogens (tertiary/aromatic N) is 1. The van der Waals surface area contributed by atoms with Crippen molar-refractivity contribution in [2.75, 3.05) is 13.7 Å². The van der Waals surface area contributed by atoms with E-state index in [9.17, 15) is 8.42 Å². The van der Waals surface area contributed by atoms with E-state index in [4.69, 9.17) is 21.1 Å². The summed E-state index contributed by atoms with van der Waals surface area (Å²) in [7, 11) is -2.20. The highest BCUT2D eigenvalue weighted by Gasteiger charge is 2.12. The number of halogens is 1. The lowest BCUT2D eigenvalue weighted by molar-refractivity contribution is 0.286. The Labute approximate surface area is 165 Å². The Morgan fingerprint density at radius 2 is 1.85 bits per heavy atom. The fraction of sp³-hybridized carbons (Fsp3) is 0.316. The summed E-state index contributed by atoms with van der Waals surface area (Å²) >= 11 is 5.77. The lowest BCUT2D eigenvalue weighted by atomic mass is 10.2. The molecule has 0 unspecified atom stereocenters. The van der Waals surface area contributed by atoms with Gasteiger partial charge in [-0.05, 0) is 54.4 Å². The number of nitrogens with one attached hydrogen (secondary N) is 1. The van der Waals surface area contributed by atoms with Gasteiger partial charge in [0, 0.05) is 5.02 Å². The van der Waals surface area contributed by atoms with Crippen molar-refractivity contribution in [3.8, 4) is 11.5 Å². The van der Waals surface area contributed by atoms with Crippen molar-refractivity contribution in [3.63, 3.8) is 0 Å². The van der Waals surface area contributed by atoms with Crippen LogP contribution in [0.1, 0.15) is 31.7 Å². The molecule has 0 atom stereocenters. The van der Waals surface area contributed by atoms with E-state index in [0.717, 1.165) is 19.3 Å². The number of hydrazone groups is 1. The molecule has 0 fully saturated rings. The fourth-order valence-corrected chi connectivity index (χ4v) is 3.17. The van der Waals surface area contributed by atoms with E-state index in [1.54, 1.807) is 25.3 Å². The summed E-state index contributed by atoms with van der Waals surface area (Å²) in [6, 6.07) is 11.1. The van der Waals surface area contributed by atoms with Gasteiger partial charge in [0.15, 0.2) is 11.5 Å². The molecule has 2 rings (SSSR count). The number of sulfonamides is 1. The van der Waals surface area contributed by atoms with Crippen LogP contribution in [0.2, 0.25) is 5.02 Å². The zero-order chi connectivity index (χ0) is 19.7. The number of methoxy groups -OCH3 is 1. The predicted octanol–water partition coefficient (Wildman–Crippen LogP) is 4.23. The first-order valence-corrected chi connectivity index (χ1v) is 10.4. The second kappa shape index (κ2) is 10.2. The van der Waals surface area contributed by atoms with Crippen molar-refractivity contribution in [1.82, 2.24) is 4.83 Å². The van der Waals surface area contributed by atoms with Gasteiger partial charge in [-0.2, -0.15) is 13.5 Å². The minimum absolute atomic E-state index is 0.0810. The first kappa shape index (κ1) is 21.1. The second-order valence-electron chi connectivity index (χ2n) is 5.77. The number of ether oxygens (including phenoxy) is 2. The first-order valence-electron chi connectivity index (χ1n) is 8.57. The largest absolute Gasteiger partial charge is 0.493 e. The Morgan fingerprint density at radius 1 is 1.11 bits per heavy atom. The molecule has 0 heterocycles. The predicted molar refractivity (Wildman–Crippen MR) is 107 cm³/mol. The molecule has 0 saturated heterocycles. The van der Waals surface area contributed by atoms with Gasteiger partial charge in [-0.3, -0.25) is 0 Å². The molecule has 146 valence electrons. The van der Waals surface area contributed by atoms with Gasteiger partial charge in [0.05, 0.1) is 24.8 Å². The zero-order valence-corrected chi connectivity index (χ0v) is 16.9. The van der Waals surface area contributed by atoms with Crippen LogP contribution in [-0.4, -0.2) is 28.3 Å². The third-order valence-corrected chi connectivity index (χ3v) is 5.19. The summed E-state index contributed by atoms with van der Waals surface area (Å²) in [6.07, 6.45) is 4.62. The Morgan fingerprint density at radius 3 is 2.52 bits per heavy atom. The average Bonchev–Trinajstić information content (AvgIpc) is 2.66. The summed E-state index contributed by atoms with van der Waals surface area (Å²) in [4.78, 5) is 2.25. The third-order valence-electron chi connectivity index (χ3n) is 3.70. The lowest BCUT2D eigenvalue weighted by Crippen LogP contribution is -2.18. The lowest BCUT2D eigenvalue weighted by Gasteiger charge is -2.11. The monoisotopic (exact) mass is 410 g/mol. The van der Waals surface area contributed by atoms with Crippen molar-refractivity contribution in [2.24, 2.45) is 5.10 Å². The normalized spacial score (nSPS) is 11.5. The van der Waals surface area contributed by atoms with E-state index in [1.165, 1.54) is 30.5 Å². The summed E-state index contributed by atoms with van der Waals surface area (Å²) in [5, 5.41) is 4.27. The first-order chi connectivity index (χ1) is 13.0. The molecular formula is C19H23ClN2O4S. The van der Waals surface area contributed by atoms with Crippen LogP contribution in [0.5, 0.6) is 11.5 Å². The van der Waals surface area contributed by atoms with Crippen molar-refractivity contribution >= 4 is 27.8 Å². The van der Waals surface area contributed by atoms with E-state index in [0.29, 0.717) is 28.7 Å². The van der Waals surface area contributed by atoms with Crippen LogP contribution in [0.3, 0.4) is 0 Å². The highest BCUT2D eigenvalue weighted by Crippen LogP contribution is 2.27. The van der Waals surface area contributed by atoms with Crippen LogP contribution in [0.25, 0.3) is 0 Å². The van der Waals surface area contributed by atoms with Gasteiger partial charge in [0.1, 0.15) is 0 Å². The number of benzene rings is 2. The maximum Gasteiger partial charge on any atom is 0.276 e. The van der Waals surface area contributed by atoms with Gasteiger partial charge in [-0.25, -0.2) is 4.83 Å². The van der Waals surface area contributed by atoms with Gasteiger partial charge in [-0.15, -0.1) is 0 Å². The van der Waals surface area contributed by atoms with Crippen molar-refractivity contribution in [2.45, 2.75) is 31.1 Å². The molecule has 27 heavy (non-hydrogen) atoms. The third kappa shape index (κ3) is 6.45. The molecular weight excluding hydrogens is 388 g/mol. The zero-order valence-electron chi connectivity index (χ0n) is 15.3. The van der Waals surface area contributed by atoms with Crippen molar-refractivity contribution in [1.29, 1.82) is 0 Å². The summed E-state index contributed by atoms with van der Waals surface area (Å²) in [5.74, 6) is 1.21. The van der Waals surface area contributed by atoms with E-state index in [2.05, 4.69) is 16.9 Å². The van der Waals surface area contributed by atoms with Gasteiger partial charge in [0.2, 0.25) is 0 Å². The van der Waals surface area contributed by atoms with E-state index in [-0.39, 0.29) is 4.90 Å². The summed E-state index contributed by atoms with van der Waals surface area (Å²) < 4.78 is 35.4. The highest BCUT2D eigenvalue weighted by molar-refractivity contribution is 7.89. The second-order valence-corrected chi connectivity index (χ2v) is 7.87. The Bertz CT molecular complexity index is 868. The van der Waals surface area contributed by atoms with E-state index in [1.807, 2.05) is 0 Å². The molecule has 2 aromatic carbocycles. The minimum Gasteiger partial charge on any atom is -0.493 e. The van der Waals surface area contributed by atoms with Crippen LogP contribution in [-0.2, 0) is 10.0 Å². The Balaban J connectivity index is 2.02. The molecule has 1 N–H and O–H groups in total. The maximum atomic E-state index is 12.2. The molecule has 0 aromatic heterocycles. The molecule has 2 aromatic rings. The van der Waals surface area contributed by atoms with Crippen LogP contribution in [0.4, 0.5) is 0 Å². The number of rotatable bonds is 10. The van der Waals surface area contributed by atoms with Crippen molar-refractivity contribution < 1.29 is 17.9 Å². The SMILES string of the molecule is CCCCCOc1ccc(/C=N/NS(=O)(=O)c2ccc(Cl)cc2)cc1OC. The molecule has 0 amide bonds. The molecule has 0 spiro atoms. The molecule has 6 nitrogen and oxygen atoms in total. The van der Waals surface area contributed by atoms with Crippen LogP contribution >= 0.6 is 11.6 Å². The number of hydrogen-bond acceptors (Lipinski definition) is 5. The van der Waals surface area contributed by atoms with Crippen LogP contribution in [0, 0.1) is 0 Å². The maximum absolute atomic E-state index is 12.2. The van der Waals surface area contributed by atoms with Gasteiger partial charge >= 0.3 is 0 Å². The van der Waals surface area contributed by atoms with Gasteiger partial charge in [-0.1, -0.05) is 31.4 Å². The number of unbranched alkanes of at least 4 members (excludes halogenated alkanes) is 2. The van der Waals surface area contributed by atoms with Crippen LogP contribution < -0.4 is 14.3 Å². The summed E-state index contributed by atoms with van der Waals surface area (Å²) in [5.41, 5.74) is 0.673.